The first-order valence-electron chi connectivity index (χ1n) is 5.67. The van der Waals surface area contributed by atoms with E-state index in [-0.39, 0.29) is 0 Å². The van der Waals surface area contributed by atoms with Crippen LogP contribution in [-0.2, 0) is 6.54 Å². The van der Waals surface area contributed by atoms with E-state index in [0.29, 0.717) is 11.7 Å². The summed E-state index contributed by atoms with van der Waals surface area (Å²) in [6, 6.07) is 15.7. The summed E-state index contributed by atoms with van der Waals surface area (Å²) in [5.74, 6) is 0.784. The quantitative estimate of drug-likeness (QED) is 0.779. The molecule has 0 aliphatic heterocycles. The fourth-order valence-corrected chi connectivity index (χ4v) is 2.52. The Morgan fingerprint density at radius 3 is 2.56 bits per heavy atom. The zero-order valence-electron chi connectivity index (χ0n) is 9.67. The van der Waals surface area contributed by atoms with E-state index < -0.39 is 0 Å². The van der Waals surface area contributed by atoms with Gasteiger partial charge in [0.05, 0.1) is 10.2 Å². The van der Waals surface area contributed by atoms with Crippen LogP contribution < -0.4 is 10.5 Å². The van der Waals surface area contributed by atoms with Crippen LogP contribution in [0.5, 0.6) is 10.9 Å². The minimum absolute atomic E-state index is 0.543. The van der Waals surface area contributed by atoms with Crippen LogP contribution in [0.3, 0.4) is 0 Å². The molecule has 0 radical (unpaired) electrons. The van der Waals surface area contributed by atoms with Crippen LogP contribution in [0.1, 0.15) is 5.56 Å². The molecule has 3 rings (SSSR count). The van der Waals surface area contributed by atoms with Crippen LogP contribution in [0.25, 0.3) is 10.2 Å². The molecule has 0 amide bonds. The molecular weight excluding hydrogens is 244 g/mol. The van der Waals surface area contributed by atoms with Crippen LogP contribution in [0.4, 0.5) is 0 Å². The summed E-state index contributed by atoms with van der Waals surface area (Å²) in [6.07, 6.45) is 0. The average molecular weight is 256 g/mol. The van der Waals surface area contributed by atoms with E-state index in [1.807, 2.05) is 48.5 Å². The number of nitrogens with two attached hydrogens (primary N) is 1. The predicted octanol–water partition coefficient (Wildman–Crippen LogP) is 3.55. The molecule has 90 valence electrons. The smallest absolute Gasteiger partial charge is 0.279 e. The van der Waals surface area contributed by atoms with Gasteiger partial charge < -0.3 is 10.5 Å². The number of thiazole rings is 1. The van der Waals surface area contributed by atoms with Gasteiger partial charge in [-0.05, 0) is 29.8 Å². The SMILES string of the molecule is NCc1ccc(Oc2nc3ccccc3s2)cc1. The maximum atomic E-state index is 5.73. The number of ether oxygens (including phenoxy) is 1. The molecule has 3 aromatic rings. The number of hydrogen-bond donors (Lipinski definition) is 1. The molecule has 0 aliphatic carbocycles. The first-order chi connectivity index (χ1) is 8.85. The third-order valence-electron chi connectivity index (χ3n) is 2.64. The fourth-order valence-electron chi connectivity index (χ4n) is 1.69. The Morgan fingerprint density at radius 2 is 1.83 bits per heavy atom. The highest BCUT2D eigenvalue weighted by molar-refractivity contribution is 7.20. The second-order valence-corrected chi connectivity index (χ2v) is 4.89. The first kappa shape index (κ1) is 11.2. The lowest BCUT2D eigenvalue weighted by atomic mass is 10.2. The molecule has 0 atom stereocenters. The normalized spacial score (nSPS) is 10.7. The van der Waals surface area contributed by atoms with Gasteiger partial charge in [-0.3, -0.25) is 0 Å². The summed E-state index contributed by atoms with van der Waals surface area (Å²) in [4.78, 5) is 4.42. The third kappa shape index (κ3) is 2.20. The van der Waals surface area contributed by atoms with Crippen molar-refractivity contribution in [2.45, 2.75) is 6.54 Å². The molecule has 2 N–H and O–H groups in total. The van der Waals surface area contributed by atoms with Gasteiger partial charge in [0.15, 0.2) is 0 Å². The molecule has 0 aliphatic rings. The molecule has 4 heteroatoms. The summed E-state index contributed by atoms with van der Waals surface area (Å²) in [6.45, 7) is 0.543. The largest absolute Gasteiger partial charge is 0.431 e. The highest BCUT2D eigenvalue weighted by Crippen LogP contribution is 2.30. The van der Waals surface area contributed by atoms with Crippen molar-refractivity contribution in [1.82, 2.24) is 4.98 Å². The van der Waals surface area contributed by atoms with Crippen LogP contribution in [0.2, 0.25) is 0 Å². The van der Waals surface area contributed by atoms with Crippen molar-refractivity contribution in [3.63, 3.8) is 0 Å². The molecule has 1 heterocycles. The van der Waals surface area contributed by atoms with Gasteiger partial charge in [-0.25, -0.2) is 4.98 Å². The Bertz CT molecular complexity index is 628. The molecule has 3 nitrogen and oxygen atoms in total. The third-order valence-corrected chi connectivity index (χ3v) is 3.55. The number of benzene rings is 2. The van der Waals surface area contributed by atoms with E-state index in [0.717, 1.165) is 21.5 Å². The zero-order valence-corrected chi connectivity index (χ0v) is 10.5. The van der Waals surface area contributed by atoms with Crippen molar-refractivity contribution < 1.29 is 4.74 Å². The highest BCUT2D eigenvalue weighted by Gasteiger charge is 2.05. The summed E-state index contributed by atoms with van der Waals surface area (Å²) < 4.78 is 6.86. The second kappa shape index (κ2) is 4.76. The van der Waals surface area contributed by atoms with E-state index in [2.05, 4.69) is 4.98 Å². The first-order valence-corrected chi connectivity index (χ1v) is 6.49. The lowest BCUT2D eigenvalue weighted by molar-refractivity contribution is 0.480. The summed E-state index contributed by atoms with van der Waals surface area (Å²) >= 11 is 1.54. The summed E-state index contributed by atoms with van der Waals surface area (Å²) in [7, 11) is 0. The number of para-hydroxylation sites is 1. The zero-order chi connectivity index (χ0) is 12.4. The Hall–Kier alpha value is -1.91. The minimum atomic E-state index is 0.543. The van der Waals surface area contributed by atoms with Crippen molar-refractivity contribution in [2.24, 2.45) is 5.73 Å². The van der Waals surface area contributed by atoms with Gasteiger partial charge in [0.25, 0.3) is 5.19 Å². The fraction of sp³-hybridized carbons (Fsp3) is 0.0714. The maximum Gasteiger partial charge on any atom is 0.279 e. The molecule has 0 saturated carbocycles. The lowest BCUT2D eigenvalue weighted by Gasteiger charge is -2.02. The van der Waals surface area contributed by atoms with Gasteiger partial charge in [0, 0.05) is 6.54 Å². The molecule has 2 aromatic carbocycles. The van der Waals surface area contributed by atoms with Crippen molar-refractivity contribution >= 4 is 21.6 Å². The monoisotopic (exact) mass is 256 g/mol. The van der Waals surface area contributed by atoms with Gasteiger partial charge in [0.2, 0.25) is 0 Å². The van der Waals surface area contributed by atoms with Crippen LogP contribution in [0.15, 0.2) is 48.5 Å². The van der Waals surface area contributed by atoms with Gasteiger partial charge in [-0.15, -0.1) is 0 Å². The average Bonchev–Trinajstić information content (AvgIpc) is 2.82. The van der Waals surface area contributed by atoms with E-state index >= 15 is 0 Å². The number of hydrogen-bond acceptors (Lipinski definition) is 4. The Kier molecular flexibility index (Phi) is 2.96. The standard InChI is InChI=1S/C14H12N2OS/c15-9-10-5-7-11(8-6-10)17-14-16-12-3-1-2-4-13(12)18-14/h1-8H,9,15H2. The van der Waals surface area contributed by atoms with E-state index in [1.165, 1.54) is 0 Å². The Labute approximate surface area is 109 Å². The van der Waals surface area contributed by atoms with Gasteiger partial charge in [0.1, 0.15) is 5.75 Å². The van der Waals surface area contributed by atoms with Gasteiger partial charge in [-0.2, -0.15) is 0 Å². The molecule has 0 spiro atoms. The Morgan fingerprint density at radius 1 is 1.06 bits per heavy atom. The van der Waals surface area contributed by atoms with E-state index in [9.17, 15) is 0 Å². The second-order valence-electron chi connectivity index (χ2n) is 3.90. The lowest BCUT2D eigenvalue weighted by Crippen LogP contribution is -1.95. The summed E-state index contributed by atoms with van der Waals surface area (Å²) in [5.41, 5.74) is 7.61. The van der Waals surface area contributed by atoms with E-state index in [4.69, 9.17) is 10.5 Å². The van der Waals surface area contributed by atoms with Crippen molar-refractivity contribution in [3.05, 3.63) is 54.1 Å². The molecular formula is C14H12N2OS. The molecule has 0 fully saturated rings. The molecule has 18 heavy (non-hydrogen) atoms. The molecule has 0 bridgehead atoms. The van der Waals surface area contributed by atoms with Crippen LogP contribution >= 0.6 is 11.3 Å². The minimum Gasteiger partial charge on any atom is -0.431 e. The van der Waals surface area contributed by atoms with Crippen LogP contribution in [-0.4, -0.2) is 4.98 Å². The number of nitrogens with zero attached hydrogens (tertiary/aromatic N) is 1. The number of rotatable bonds is 3. The van der Waals surface area contributed by atoms with E-state index in [1.54, 1.807) is 11.3 Å². The molecule has 0 saturated heterocycles. The number of fused-ring (bicyclic) bond motifs is 1. The van der Waals surface area contributed by atoms with Crippen molar-refractivity contribution in [1.29, 1.82) is 0 Å². The van der Waals surface area contributed by atoms with Crippen LogP contribution in [0, 0.1) is 0 Å². The van der Waals surface area contributed by atoms with Crippen molar-refractivity contribution in [3.8, 4) is 10.9 Å². The topological polar surface area (TPSA) is 48.1 Å². The van der Waals surface area contributed by atoms with Gasteiger partial charge >= 0.3 is 0 Å². The summed E-state index contributed by atoms with van der Waals surface area (Å²) in [5, 5.41) is 0.664. The van der Waals surface area contributed by atoms with Gasteiger partial charge in [-0.1, -0.05) is 35.6 Å². The maximum absolute atomic E-state index is 5.73. The molecule has 0 unspecified atom stereocenters. The Balaban J connectivity index is 1.86. The highest BCUT2D eigenvalue weighted by atomic mass is 32.1. The predicted molar refractivity (Wildman–Crippen MR) is 74.0 cm³/mol. The van der Waals surface area contributed by atoms with Crippen molar-refractivity contribution in [2.75, 3.05) is 0 Å². The number of aromatic nitrogens is 1. The molecule has 1 aromatic heterocycles.